The van der Waals surface area contributed by atoms with Gasteiger partial charge in [0.2, 0.25) is 0 Å². The van der Waals surface area contributed by atoms with E-state index in [-0.39, 0.29) is 12.0 Å². The third-order valence-electron chi connectivity index (χ3n) is 3.90. The zero-order chi connectivity index (χ0) is 17.1. The molecule has 128 valence electrons. The molecule has 2 aromatic rings. The second-order valence-corrected chi connectivity index (χ2v) is 6.77. The van der Waals surface area contributed by atoms with E-state index in [1.54, 1.807) is 0 Å². The Kier molecular flexibility index (Phi) is 5.03. The van der Waals surface area contributed by atoms with Crippen molar-refractivity contribution in [2.45, 2.75) is 46.1 Å². The molecule has 2 aromatic heterocycles. The Labute approximate surface area is 145 Å². The summed E-state index contributed by atoms with van der Waals surface area (Å²) in [7, 11) is 0. The summed E-state index contributed by atoms with van der Waals surface area (Å²) in [5.74, 6) is 0.000825. The molecule has 8 heteroatoms. The van der Waals surface area contributed by atoms with Crippen molar-refractivity contribution in [3.63, 3.8) is 0 Å². The van der Waals surface area contributed by atoms with Crippen LogP contribution in [0.15, 0.2) is 6.07 Å². The molecule has 1 aliphatic rings. The second kappa shape index (κ2) is 7.21. The molecule has 0 unspecified atom stereocenters. The van der Waals surface area contributed by atoms with Crippen LogP contribution in [0, 0.1) is 13.8 Å². The van der Waals surface area contributed by atoms with Crippen molar-refractivity contribution in [2.75, 3.05) is 13.1 Å². The van der Waals surface area contributed by atoms with Crippen molar-refractivity contribution in [3.8, 4) is 6.01 Å². The van der Waals surface area contributed by atoms with Gasteiger partial charge in [-0.25, -0.2) is 9.97 Å². The molecule has 0 aliphatic carbocycles. The molecule has 0 aromatic carbocycles. The lowest BCUT2D eigenvalue weighted by molar-refractivity contribution is 0.0773. The van der Waals surface area contributed by atoms with Gasteiger partial charge in [0, 0.05) is 24.4 Å². The summed E-state index contributed by atoms with van der Waals surface area (Å²) >= 11 is 1.18. The van der Waals surface area contributed by atoms with Gasteiger partial charge in [0.05, 0.1) is 12.2 Å². The van der Waals surface area contributed by atoms with Crippen LogP contribution in [0.4, 0.5) is 0 Å². The number of carbonyl (C=O) groups excluding carboxylic acids is 1. The molecule has 1 aliphatic heterocycles. The van der Waals surface area contributed by atoms with Gasteiger partial charge in [-0.15, -0.1) is 5.10 Å². The number of carbonyl (C=O) groups is 1. The molecule has 24 heavy (non-hydrogen) atoms. The maximum atomic E-state index is 12.7. The van der Waals surface area contributed by atoms with Crippen LogP contribution in [0.3, 0.4) is 0 Å². The van der Waals surface area contributed by atoms with Gasteiger partial charge in [-0.3, -0.25) is 4.79 Å². The number of likely N-dealkylation sites (tertiary alicyclic amines) is 1. The summed E-state index contributed by atoms with van der Waals surface area (Å²) in [6, 6.07) is 2.29. The van der Waals surface area contributed by atoms with Crippen LogP contribution in [0.2, 0.25) is 0 Å². The molecular formula is C16H21N5O2S. The molecule has 0 saturated carbocycles. The molecule has 1 fully saturated rings. The summed E-state index contributed by atoms with van der Waals surface area (Å²) in [5, 5.41) is 4.07. The molecule has 7 nitrogen and oxygen atoms in total. The van der Waals surface area contributed by atoms with E-state index < -0.39 is 0 Å². The maximum Gasteiger partial charge on any atom is 0.317 e. The van der Waals surface area contributed by atoms with Gasteiger partial charge in [0.25, 0.3) is 5.91 Å². The highest BCUT2D eigenvalue weighted by Gasteiger charge is 2.31. The fourth-order valence-corrected chi connectivity index (χ4v) is 3.50. The Bertz CT molecular complexity index is 713. The Morgan fingerprint density at radius 2 is 2.12 bits per heavy atom. The molecule has 3 heterocycles. The minimum absolute atomic E-state index is 0.000825. The van der Waals surface area contributed by atoms with Crippen LogP contribution < -0.4 is 4.74 Å². The van der Waals surface area contributed by atoms with E-state index in [9.17, 15) is 4.79 Å². The number of amides is 1. The average Bonchev–Trinajstić information content (AvgIpc) is 3.15. The van der Waals surface area contributed by atoms with E-state index in [0.717, 1.165) is 36.3 Å². The van der Waals surface area contributed by atoms with Gasteiger partial charge in [-0.1, -0.05) is 17.8 Å². The molecule has 3 rings (SSSR count). The van der Waals surface area contributed by atoms with Gasteiger partial charge in [0.15, 0.2) is 0 Å². The fraction of sp³-hybridized carbons (Fsp3) is 0.562. The standard InChI is InChI=1S/C16H21N5O2S/c1-4-5-13-14(24-20-19-13)15(22)21-7-6-12(9-21)23-16-17-10(2)8-11(3)18-16/h8,12H,4-7,9H2,1-3H3/t12-/m0/s1. The number of ether oxygens (including phenoxy) is 1. The van der Waals surface area contributed by atoms with Crippen LogP contribution in [-0.2, 0) is 6.42 Å². The number of rotatable bonds is 5. The van der Waals surface area contributed by atoms with Crippen LogP contribution >= 0.6 is 11.5 Å². The predicted molar refractivity (Wildman–Crippen MR) is 90.3 cm³/mol. The monoisotopic (exact) mass is 347 g/mol. The fourth-order valence-electron chi connectivity index (χ4n) is 2.82. The lowest BCUT2D eigenvalue weighted by Crippen LogP contribution is -2.31. The van der Waals surface area contributed by atoms with E-state index in [1.165, 1.54) is 11.5 Å². The Balaban J connectivity index is 1.64. The molecule has 1 amide bonds. The topological polar surface area (TPSA) is 81.1 Å². The van der Waals surface area contributed by atoms with Crippen LogP contribution in [0.5, 0.6) is 6.01 Å². The third kappa shape index (κ3) is 3.69. The van der Waals surface area contributed by atoms with Crippen LogP contribution in [0.25, 0.3) is 0 Å². The highest BCUT2D eigenvalue weighted by molar-refractivity contribution is 7.08. The van der Waals surface area contributed by atoms with Crippen molar-refractivity contribution in [1.82, 2.24) is 24.5 Å². The number of aromatic nitrogens is 4. The SMILES string of the molecule is CCCc1nnsc1C(=O)N1CC[C@H](Oc2nc(C)cc(C)n2)C1. The lowest BCUT2D eigenvalue weighted by atomic mass is 10.2. The van der Waals surface area contributed by atoms with E-state index >= 15 is 0 Å². The largest absolute Gasteiger partial charge is 0.458 e. The van der Waals surface area contributed by atoms with Crippen molar-refractivity contribution in [2.24, 2.45) is 0 Å². The summed E-state index contributed by atoms with van der Waals surface area (Å²) in [4.78, 5) is 23.7. The van der Waals surface area contributed by atoms with E-state index in [1.807, 2.05) is 24.8 Å². The summed E-state index contributed by atoms with van der Waals surface area (Å²) < 4.78 is 9.80. The van der Waals surface area contributed by atoms with E-state index in [0.29, 0.717) is 24.0 Å². The minimum Gasteiger partial charge on any atom is -0.458 e. The number of hydrogen-bond donors (Lipinski definition) is 0. The number of aryl methyl sites for hydroxylation is 3. The molecule has 1 saturated heterocycles. The number of hydrogen-bond acceptors (Lipinski definition) is 7. The van der Waals surface area contributed by atoms with Gasteiger partial charge >= 0.3 is 6.01 Å². The Hall–Kier alpha value is -2.09. The van der Waals surface area contributed by atoms with Gasteiger partial charge in [-0.2, -0.15) is 0 Å². The van der Waals surface area contributed by atoms with Crippen LogP contribution in [0.1, 0.15) is 46.5 Å². The zero-order valence-corrected chi connectivity index (χ0v) is 15.0. The molecule has 0 N–H and O–H groups in total. The summed E-state index contributed by atoms with van der Waals surface area (Å²) in [5.41, 5.74) is 2.56. The highest BCUT2D eigenvalue weighted by atomic mass is 32.1. The first kappa shape index (κ1) is 16.8. The Morgan fingerprint density at radius 1 is 1.38 bits per heavy atom. The van der Waals surface area contributed by atoms with Crippen molar-refractivity contribution in [1.29, 1.82) is 0 Å². The second-order valence-electron chi connectivity index (χ2n) is 6.01. The summed E-state index contributed by atoms with van der Waals surface area (Å²) in [6.45, 7) is 7.10. The highest BCUT2D eigenvalue weighted by Crippen LogP contribution is 2.21. The normalized spacial score (nSPS) is 17.3. The van der Waals surface area contributed by atoms with Crippen molar-refractivity contribution < 1.29 is 9.53 Å². The molecular weight excluding hydrogens is 326 g/mol. The quantitative estimate of drug-likeness (QED) is 0.825. The van der Waals surface area contributed by atoms with Gasteiger partial charge in [0.1, 0.15) is 11.0 Å². The predicted octanol–water partition coefficient (Wildman–Crippen LogP) is 2.19. The molecule has 0 spiro atoms. The van der Waals surface area contributed by atoms with Crippen LogP contribution in [-0.4, -0.2) is 49.6 Å². The van der Waals surface area contributed by atoms with Crippen molar-refractivity contribution in [3.05, 3.63) is 28.0 Å². The summed E-state index contributed by atoms with van der Waals surface area (Å²) in [6.07, 6.45) is 2.42. The minimum atomic E-state index is -0.0781. The Morgan fingerprint density at radius 3 is 2.83 bits per heavy atom. The van der Waals surface area contributed by atoms with Gasteiger partial charge < -0.3 is 9.64 Å². The average molecular weight is 347 g/mol. The molecule has 0 radical (unpaired) electrons. The van der Waals surface area contributed by atoms with E-state index in [2.05, 4.69) is 26.5 Å². The molecule has 1 atom stereocenters. The lowest BCUT2D eigenvalue weighted by Gasteiger charge is -2.16. The van der Waals surface area contributed by atoms with Gasteiger partial charge in [-0.05, 0) is 37.9 Å². The first-order valence-electron chi connectivity index (χ1n) is 8.16. The smallest absolute Gasteiger partial charge is 0.317 e. The number of nitrogens with zero attached hydrogens (tertiary/aromatic N) is 5. The van der Waals surface area contributed by atoms with E-state index in [4.69, 9.17) is 4.74 Å². The first-order valence-corrected chi connectivity index (χ1v) is 8.93. The first-order chi connectivity index (χ1) is 11.6. The molecule has 0 bridgehead atoms. The third-order valence-corrected chi connectivity index (χ3v) is 4.66. The zero-order valence-electron chi connectivity index (χ0n) is 14.2. The maximum absolute atomic E-state index is 12.7. The van der Waals surface area contributed by atoms with Crippen molar-refractivity contribution >= 4 is 17.4 Å².